The van der Waals surface area contributed by atoms with Gasteiger partial charge < -0.3 is 10.3 Å². The Bertz CT molecular complexity index is 1280. The summed E-state index contributed by atoms with van der Waals surface area (Å²) in [7, 11) is 0. The number of halogens is 5. The summed E-state index contributed by atoms with van der Waals surface area (Å²) in [5.41, 5.74) is 6.50. The van der Waals surface area contributed by atoms with Crippen LogP contribution in [0.1, 0.15) is 21.5 Å². The van der Waals surface area contributed by atoms with Gasteiger partial charge in [0.1, 0.15) is 0 Å². The van der Waals surface area contributed by atoms with E-state index < -0.39 is 17.6 Å². The molecule has 8 heteroatoms. The SMILES string of the molecule is NC(=O)c1cccc2c1c1ccc(C(F)(F)F)cc1n2Cc1cccc(Cl)c1Cl. The van der Waals surface area contributed by atoms with E-state index in [1.807, 2.05) is 0 Å². The van der Waals surface area contributed by atoms with Crippen LogP contribution in [0.15, 0.2) is 54.6 Å². The second-order valence-electron chi connectivity index (χ2n) is 6.59. The van der Waals surface area contributed by atoms with Gasteiger partial charge in [0, 0.05) is 22.9 Å². The fourth-order valence-electron chi connectivity index (χ4n) is 3.54. The van der Waals surface area contributed by atoms with Crippen molar-refractivity contribution in [1.82, 2.24) is 4.57 Å². The maximum atomic E-state index is 13.3. The van der Waals surface area contributed by atoms with Crippen LogP contribution >= 0.6 is 23.2 Å². The average molecular weight is 437 g/mol. The van der Waals surface area contributed by atoms with Crippen molar-refractivity contribution in [2.75, 3.05) is 0 Å². The van der Waals surface area contributed by atoms with Crippen molar-refractivity contribution in [1.29, 1.82) is 0 Å². The lowest BCUT2D eigenvalue weighted by molar-refractivity contribution is -0.137. The van der Waals surface area contributed by atoms with Crippen LogP contribution < -0.4 is 5.73 Å². The zero-order valence-electron chi connectivity index (χ0n) is 14.7. The Morgan fingerprint density at radius 3 is 2.41 bits per heavy atom. The molecule has 1 heterocycles. The number of primary amides is 1. The molecule has 0 aliphatic rings. The number of amides is 1. The van der Waals surface area contributed by atoms with Gasteiger partial charge in [0.15, 0.2) is 0 Å². The van der Waals surface area contributed by atoms with Crippen molar-refractivity contribution in [3.05, 3.63) is 81.3 Å². The van der Waals surface area contributed by atoms with Crippen LogP contribution in [0, 0.1) is 0 Å². The fraction of sp³-hybridized carbons (Fsp3) is 0.0952. The number of carbonyl (C=O) groups excluding carboxylic acids is 1. The van der Waals surface area contributed by atoms with Crippen LogP contribution in [0.3, 0.4) is 0 Å². The molecule has 0 fully saturated rings. The molecule has 0 unspecified atom stereocenters. The lowest BCUT2D eigenvalue weighted by Crippen LogP contribution is -2.11. The number of hydrogen-bond donors (Lipinski definition) is 1. The lowest BCUT2D eigenvalue weighted by Gasteiger charge is -2.12. The third-order valence-corrected chi connectivity index (χ3v) is 5.70. The Morgan fingerprint density at radius 1 is 1.00 bits per heavy atom. The minimum atomic E-state index is -4.50. The monoisotopic (exact) mass is 436 g/mol. The van der Waals surface area contributed by atoms with Gasteiger partial charge in [0.05, 0.1) is 26.6 Å². The Kier molecular flexibility index (Phi) is 4.71. The number of fused-ring (bicyclic) bond motifs is 3. The molecule has 0 aliphatic heterocycles. The molecule has 0 radical (unpaired) electrons. The highest BCUT2D eigenvalue weighted by Gasteiger charge is 2.31. The van der Waals surface area contributed by atoms with Crippen molar-refractivity contribution in [2.24, 2.45) is 5.73 Å². The molecular formula is C21H13Cl2F3N2O. The number of alkyl halides is 3. The van der Waals surface area contributed by atoms with Gasteiger partial charge in [-0.1, -0.05) is 47.5 Å². The van der Waals surface area contributed by atoms with Crippen LogP contribution in [-0.4, -0.2) is 10.5 Å². The molecule has 4 rings (SSSR count). The number of rotatable bonds is 3. The summed E-state index contributed by atoms with van der Waals surface area (Å²) >= 11 is 12.4. The van der Waals surface area contributed by atoms with Crippen LogP contribution in [0.4, 0.5) is 13.2 Å². The van der Waals surface area contributed by atoms with Gasteiger partial charge in [-0.05, 0) is 35.9 Å². The minimum Gasteiger partial charge on any atom is -0.366 e. The maximum Gasteiger partial charge on any atom is 0.416 e. The summed E-state index contributed by atoms with van der Waals surface area (Å²) in [5, 5.41) is 1.67. The predicted octanol–water partition coefficient (Wildman–Crippen LogP) is 6.27. The van der Waals surface area contributed by atoms with Crippen LogP contribution in [0.5, 0.6) is 0 Å². The molecule has 3 aromatic carbocycles. The van der Waals surface area contributed by atoms with Crippen molar-refractivity contribution in [3.63, 3.8) is 0 Å². The molecule has 1 amide bonds. The van der Waals surface area contributed by atoms with Gasteiger partial charge in [-0.15, -0.1) is 0 Å². The molecule has 4 aromatic rings. The third kappa shape index (κ3) is 3.32. The van der Waals surface area contributed by atoms with Crippen LogP contribution in [0.25, 0.3) is 21.8 Å². The molecule has 0 aliphatic carbocycles. The first-order valence-electron chi connectivity index (χ1n) is 8.53. The number of hydrogen-bond acceptors (Lipinski definition) is 1. The Balaban J connectivity index is 2.08. The summed E-state index contributed by atoms with van der Waals surface area (Å²) in [4.78, 5) is 11.9. The van der Waals surface area contributed by atoms with E-state index in [2.05, 4.69) is 0 Å². The van der Waals surface area contributed by atoms with Crippen LogP contribution in [0.2, 0.25) is 10.0 Å². The first-order chi connectivity index (χ1) is 13.7. The van der Waals surface area contributed by atoms with E-state index in [1.165, 1.54) is 6.07 Å². The molecule has 0 saturated carbocycles. The molecule has 148 valence electrons. The zero-order valence-corrected chi connectivity index (χ0v) is 16.2. The van der Waals surface area contributed by atoms with Crippen LogP contribution in [-0.2, 0) is 12.7 Å². The normalized spacial score (nSPS) is 12.0. The topological polar surface area (TPSA) is 48.0 Å². The standard InChI is InChI=1S/C21H13Cl2F3N2O/c22-15-5-1-3-11(19(15)23)10-28-16-6-2-4-14(20(27)29)18(16)13-8-7-12(9-17(13)28)21(24,25)26/h1-9H,10H2,(H2,27,29). The van der Waals surface area contributed by atoms with Gasteiger partial charge in [-0.3, -0.25) is 4.79 Å². The number of aromatic nitrogens is 1. The van der Waals surface area contributed by atoms with E-state index in [0.29, 0.717) is 37.4 Å². The Labute approximate surface area is 173 Å². The maximum absolute atomic E-state index is 13.3. The number of nitrogens with two attached hydrogens (primary N) is 1. The zero-order chi connectivity index (χ0) is 20.9. The van der Waals surface area contributed by atoms with E-state index in [1.54, 1.807) is 41.0 Å². The summed E-state index contributed by atoms with van der Waals surface area (Å²) in [6.07, 6.45) is -4.50. The Hall–Kier alpha value is -2.70. The van der Waals surface area contributed by atoms with Gasteiger partial charge >= 0.3 is 6.18 Å². The largest absolute Gasteiger partial charge is 0.416 e. The summed E-state index contributed by atoms with van der Waals surface area (Å²) < 4.78 is 41.7. The molecule has 0 spiro atoms. The first kappa shape index (κ1) is 19.6. The number of benzene rings is 3. The second kappa shape index (κ2) is 6.97. The molecule has 29 heavy (non-hydrogen) atoms. The molecule has 0 bridgehead atoms. The predicted molar refractivity (Wildman–Crippen MR) is 109 cm³/mol. The first-order valence-corrected chi connectivity index (χ1v) is 9.29. The highest BCUT2D eigenvalue weighted by atomic mass is 35.5. The molecular weight excluding hydrogens is 424 g/mol. The highest BCUT2D eigenvalue weighted by Crippen LogP contribution is 2.37. The minimum absolute atomic E-state index is 0.170. The van der Waals surface area contributed by atoms with Gasteiger partial charge in [-0.2, -0.15) is 13.2 Å². The summed E-state index contributed by atoms with van der Waals surface area (Å²) in [6.45, 7) is 0.170. The molecule has 2 N–H and O–H groups in total. The van der Waals surface area contributed by atoms with Crippen molar-refractivity contribution < 1.29 is 18.0 Å². The third-order valence-electron chi connectivity index (χ3n) is 4.84. The van der Waals surface area contributed by atoms with E-state index in [-0.39, 0.29) is 12.1 Å². The van der Waals surface area contributed by atoms with Crippen molar-refractivity contribution in [2.45, 2.75) is 12.7 Å². The molecule has 1 aromatic heterocycles. The van der Waals surface area contributed by atoms with Crippen molar-refractivity contribution >= 4 is 50.9 Å². The fourth-order valence-corrected chi connectivity index (χ4v) is 3.92. The quantitative estimate of drug-likeness (QED) is 0.404. The average Bonchev–Trinajstić information content (AvgIpc) is 2.98. The van der Waals surface area contributed by atoms with E-state index in [4.69, 9.17) is 28.9 Å². The van der Waals surface area contributed by atoms with E-state index in [9.17, 15) is 18.0 Å². The molecule has 0 atom stereocenters. The second-order valence-corrected chi connectivity index (χ2v) is 7.38. The lowest BCUT2D eigenvalue weighted by atomic mass is 10.0. The van der Waals surface area contributed by atoms with Gasteiger partial charge in [0.25, 0.3) is 0 Å². The smallest absolute Gasteiger partial charge is 0.366 e. The van der Waals surface area contributed by atoms with E-state index >= 15 is 0 Å². The van der Waals surface area contributed by atoms with Gasteiger partial charge in [0.2, 0.25) is 5.91 Å². The molecule has 3 nitrogen and oxygen atoms in total. The highest BCUT2D eigenvalue weighted by molar-refractivity contribution is 6.42. The molecule has 0 saturated heterocycles. The number of carbonyl (C=O) groups is 1. The number of nitrogens with zero attached hydrogens (tertiary/aromatic N) is 1. The summed E-state index contributed by atoms with van der Waals surface area (Å²) in [6, 6.07) is 13.4. The summed E-state index contributed by atoms with van der Waals surface area (Å²) in [5.74, 6) is -0.657. The van der Waals surface area contributed by atoms with Crippen molar-refractivity contribution in [3.8, 4) is 0 Å². The Morgan fingerprint density at radius 2 is 1.72 bits per heavy atom. The van der Waals surface area contributed by atoms with E-state index in [0.717, 1.165) is 12.1 Å². The van der Waals surface area contributed by atoms with Gasteiger partial charge in [-0.25, -0.2) is 0 Å².